The molecule has 1 aliphatic rings. The van der Waals surface area contributed by atoms with Gasteiger partial charge in [0.05, 0.1) is 22.5 Å². The van der Waals surface area contributed by atoms with Gasteiger partial charge in [0.25, 0.3) is 5.69 Å². The van der Waals surface area contributed by atoms with Crippen molar-refractivity contribution in [3.05, 3.63) is 85.6 Å². The van der Waals surface area contributed by atoms with Crippen LogP contribution in [0.1, 0.15) is 31.7 Å². The standard InChI is InChI=1S/C23H25N5O6/c1-3-34-23(29)21(19-11-7-8-14-26(19)2)22(16-9-5-4-6-10-16)25-24-18-13-12-17(27(30)31)15-20(18)28(32)33/h4-6,9-10,12-13,15,24H,3,7-8,11,14H2,1-2H3/b21-19-,25-22-. The summed E-state index contributed by atoms with van der Waals surface area (Å²) in [5.74, 6) is -0.547. The first kappa shape index (κ1) is 24.4. The maximum atomic E-state index is 13.1. The van der Waals surface area contributed by atoms with Crippen molar-refractivity contribution in [3.63, 3.8) is 0 Å². The number of carbonyl (C=O) groups is 1. The molecule has 0 saturated carbocycles. The number of benzene rings is 2. The van der Waals surface area contributed by atoms with Gasteiger partial charge in [0.2, 0.25) is 0 Å². The lowest BCUT2D eigenvalue weighted by molar-refractivity contribution is -0.393. The summed E-state index contributed by atoms with van der Waals surface area (Å²) in [6.45, 7) is 2.65. The zero-order valence-electron chi connectivity index (χ0n) is 18.9. The van der Waals surface area contributed by atoms with E-state index in [9.17, 15) is 25.0 Å². The summed E-state index contributed by atoms with van der Waals surface area (Å²) in [5.41, 5.74) is 3.59. The summed E-state index contributed by atoms with van der Waals surface area (Å²) in [4.78, 5) is 36.2. The fraction of sp³-hybridized carbons (Fsp3) is 0.304. The molecule has 2 aromatic carbocycles. The predicted octanol–water partition coefficient (Wildman–Crippen LogP) is 4.25. The van der Waals surface area contributed by atoms with E-state index in [1.807, 2.05) is 18.0 Å². The van der Waals surface area contributed by atoms with Crippen molar-refractivity contribution in [2.75, 3.05) is 25.6 Å². The van der Waals surface area contributed by atoms with Crippen LogP contribution in [0.4, 0.5) is 17.1 Å². The summed E-state index contributed by atoms with van der Waals surface area (Å²) in [6.07, 6.45) is 2.53. The van der Waals surface area contributed by atoms with Crippen LogP contribution in [0.3, 0.4) is 0 Å². The highest BCUT2D eigenvalue weighted by Gasteiger charge is 2.28. The molecule has 2 aromatic rings. The van der Waals surface area contributed by atoms with Gasteiger partial charge >= 0.3 is 11.7 Å². The van der Waals surface area contributed by atoms with Crippen molar-refractivity contribution in [2.45, 2.75) is 26.2 Å². The highest BCUT2D eigenvalue weighted by Crippen LogP contribution is 2.30. The Bertz CT molecular complexity index is 1150. The third kappa shape index (κ3) is 5.55. The van der Waals surface area contributed by atoms with Crippen molar-refractivity contribution in [1.29, 1.82) is 0 Å². The number of nitrogens with one attached hydrogen (secondary N) is 1. The molecule has 11 heteroatoms. The molecule has 0 aromatic heterocycles. The summed E-state index contributed by atoms with van der Waals surface area (Å²) in [6, 6.07) is 12.2. The number of non-ortho nitro benzene ring substituents is 1. The number of rotatable bonds is 8. The number of nitro benzene ring substituents is 2. The average Bonchev–Trinajstić information content (AvgIpc) is 2.83. The molecule has 178 valence electrons. The van der Waals surface area contributed by atoms with Gasteiger partial charge in [-0.15, -0.1) is 0 Å². The number of ether oxygens (including phenoxy) is 1. The molecule has 1 heterocycles. The fourth-order valence-corrected chi connectivity index (χ4v) is 3.69. The van der Waals surface area contributed by atoms with Crippen molar-refractivity contribution in [3.8, 4) is 0 Å². The molecule has 11 nitrogen and oxygen atoms in total. The number of hydrogen-bond acceptors (Lipinski definition) is 9. The number of piperidine rings is 1. The third-order valence-corrected chi connectivity index (χ3v) is 5.35. The van der Waals surface area contributed by atoms with E-state index in [1.165, 1.54) is 6.07 Å². The molecule has 1 aliphatic heterocycles. The van der Waals surface area contributed by atoms with Crippen LogP contribution in [0, 0.1) is 20.2 Å². The molecule has 0 unspecified atom stereocenters. The number of hydrazone groups is 1. The van der Waals surface area contributed by atoms with Crippen LogP contribution in [0.2, 0.25) is 0 Å². The minimum Gasteiger partial charge on any atom is -0.462 e. The fourth-order valence-electron chi connectivity index (χ4n) is 3.69. The number of hydrogen-bond donors (Lipinski definition) is 1. The highest BCUT2D eigenvalue weighted by molar-refractivity contribution is 6.27. The largest absolute Gasteiger partial charge is 0.462 e. The van der Waals surface area contributed by atoms with E-state index >= 15 is 0 Å². The zero-order valence-corrected chi connectivity index (χ0v) is 18.9. The number of nitro groups is 2. The zero-order chi connectivity index (χ0) is 24.7. The second-order valence-corrected chi connectivity index (χ2v) is 7.57. The summed E-state index contributed by atoms with van der Waals surface area (Å²) in [7, 11) is 1.89. The first-order chi connectivity index (χ1) is 16.3. The van der Waals surface area contributed by atoms with E-state index < -0.39 is 27.2 Å². The molecule has 0 atom stereocenters. The summed E-state index contributed by atoms with van der Waals surface area (Å²) >= 11 is 0. The van der Waals surface area contributed by atoms with E-state index in [1.54, 1.807) is 31.2 Å². The van der Waals surface area contributed by atoms with Crippen molar-refractivity contribution in [1.82, 2.24) is 4.90 Å². The number of carbonyl (C=O) groups excluding carboxylic acids is 1. The second kappa shape index (κ2) is 11.0. The molecule has 34 heavy (non-hydrogen) atoms. The Morgan fingerprint density at radius 1 is 1.12 bits per heavy atom. The van der Waals surface area contributed by atoms with Crippen molar-refractivity contribution < 1.29 is 19.4 Å². The highest BCUT2D eigenvalue weighted by atomic mass is 16.6. The molecule has 0 bridgehead atoms. The molecule has 1 N–H and O–H groups in total. The van der Waals surface area contributed by atoms with E-state index in [-0.39, 0.29) is 23.6 Å². The van der Waals surface area contributed by atoms with Crippen LogP contribution in [0.25, 0.3) is 0 Å². The second-order valence-electron chi connectivity index (χ2n) is 7.57. The Hall–Kier alpha value is -4.28. The van der Waals surface area contributed by atoms with Gasteiger partial charge in [-0.25, -0.2) is 4.79 Å². The number of nitrogens with zero attached hydrogens (tertiary/aromatic N) is 4. The Kier molecular flexibility index (Phi) is 7.91. The van der Waals surface area contributed by atoms with E-state index in [0.717, 1.165) is 37.2 Å². The molecule has 1 saturated heterocycles. The number of allylic oxidation sites excluding steroid dienone is 1. The summed E-state index contributed by atoms with van der Waals surface area (Å²) < 4.78 is 5.35. The Morgan fingerprint density at radius 2 is 1.85 bits per heavy atom. The van der Waals surface area contributed by atoms with Gasteiger partial charge in [0, 0.05) is 30.9 Å². The Morgan fingerprint density at radius 3 is 2.47 bits per heavy atom. The number of esters is 1. The molecule has 0 radical (unpaired) electrons. The smallest absolute Gasteiger partial charge is 0.342 e. The lowest BCUT2D eigenvalue weighted by Gasteiger charge is -2.30. The molecule has 0 aliphatic carbocycles. The molecule has 1 fully saturated rings. The van der Waals surface area contributed by atoms with Crippen LogP contribution in [-0.4, -0.2) is 46.6 Å². The topological polar surface area (TPSA) is 140 Å². The maximum Gasteiger partial charge on any atom is 0.342 e. The van der Waals surface area contributed by atoms with Gasteiger partial charge in [-0.3, -0.25) is 25.7 Å². The Balaban J connectivity index is 2.17. The minimum atomic E-state index is -0.729. The van der Waals surface area contributed by atoms with Gasteiger partial charge in [-0.2, -0.15) is 5.10 Å². The van der Waals surface area contributed by atoms with E-state index in [2.05, 4.69) is 10.5 Å². The molecular weight excluding hydrogens is 442 g/mol. The molecule has 3 rings (SSSR count). The van der Waals surface area contributed by atoms with Crippen molar-refractivity contribution >= 4 is 28.7 Å². The number of anilines is 1. The first-order valence-corrected chi connectivity index (χ1v) is 10.8. The third-order valence-electron chi connectivity index (χ3n) is 5.35. The van der Waals surface area contributed by atoms with E-state index in [0.29, 0.717) is 12.0 Å². The number of likely N-dealkylation sites (tertiary alicyclic amines) is 1. The van der Waals surface area contributed by atoms with Gasteiger partial charge in [-0.1, -0.05) is 30.3 Å². The van der Waals surface area contributed by atoms with Gasteiger partial charge in [0.1, 0.15) is 17.0 Å². The van der Waals surface area contributed by atoms with Crippen molar-refractivity contribution in [2.24, 2.45) is 5.10 Å². The normalized spacial score (nSPS) is 15.5. The lowest BCUT2D eigenvalue weighted by Crippen LogP contribution is -2.30. The quantitative estimate of drug-likeness (QED) is 0.200. The maximum absolute atomic E-state index is 13.1. The van der Waals surface area contributed by atoms with Crippen LogP contribution in [0.15, 0.2) is 64.9 Å². The van der Waals surface area contributed by atoms with Gasteiger partial charge < -0.3 is 9.64 Å². The van der Waals surface area contributed by atoms with E-state index in [4.69, 9.17) is 4.74 Å². The minimum absolute atomic E-state index is 0.0470. The first-order valence-electron chi connectivity index (χ1n) is 10.8. The predicted molar refractivity (Wildman–Crippen MR) is 126 cm³/mol. The molecular formula is C23H25N5O6. The van der Waals surface area contributed by atoms with Crippen LogP contribution in [0.5, 0.6) is 0 Å². The molecule has 0 spiro atoms. The van der Waals surface area contributed by atoms with Gasteiger partial charge in [0.15, 0.2) is 0 Å². The lowest BCUT2D eigenvalue weighted by atomic mass is 9.95. The van der Waals surface area contributed by atoms with Gasteiger partial charge in [-0.05, 0) is 32.3 Å². The van der Waals surface area contributed by atoms with Crippen LogP contribution in [-0.2, 0) is 9.53 Å². The summed E-state index contributed by atoms with van der Waals surface area (Å²) in [5, 5.41) is 27.0. The molecule has 0 amide bonds. The van der Waals surface area contributed by atoms with Crippen LogP contribution < -0.4 is 5.43 Å². The SMILES string of the molecule is CCOC(=O)C(/C(=N\Nc1ccc([N+](=O)[O-])cc1[N+](=O)[O-])c1ccccc1)=C1/CCCCN1C. The average molecular weight is 467 g/mol. The Labute approximate surface area is 196 Å². The monoisotopic (exact) mass is 467 g/mol. The van der Waals surface area contributed by atoms with Crippen LogP contribution >= 0.6 is 0 Å².